The van der Waals surface area contributed by atoms with Crippen LogP contribution in [0.1, 0.15) is 12.6 Å². The van der Waals surface area contributed by atoms with Crippen LogP contribution >= 0.6 is 0 Å². The van der Waals surface area contributed by atoms with E-state index in [4.69, 9.17) is 0 Å². The molecule has 0 saturated carbocycles. The van der Waals surface area contributed by atoms with Crippen molar-refractivity contribution in [3.63, 3.8) is 0 Å². The average Bonchev–Trinajstić information content (AvgIpc) is 2.70. The highest BCUT2D eigenvalue weighted by atomic mass is 15.0. The zero-order valence-corrected chi connectivity index (χ0v) is 8.88. The van der Waals surface area contributed by atoms with Crippen LogP contribution in [0, 0.1) is 0 Å². The largest absolute Gasteiger partial charge is 0.298 e. The summed E-state index contributed by atoms with van der Waals surface area (Å²) < 4.78 is 2.03. The van der Waals surface area contributed by atoms with Gasteiger partial charge in [-0.1, -0.05) is 12.1 Å². The topological polar surface area (TPSA) is 29.7 Å². The molecule has 76 valence electrons. The number of aliphatic imine (C=N–C) groups is 1. The number of rotatable bonds is 2. The van der Waals surface area contributed by atoms with Gasteiger partial charge in [-0.15, -0.1) is 0 Å². The first kappa shape index (κ1) is 9.65. The Bertz CT molecular complexity index is 520. The van der Waals surface area contributed by atoms with E-state index < -0.39 is 0 Å². The lowest BCUT2D eigenvalue weighted by atomic mass is 10.2. The number of pyridine rings is 1. The van der Waals surface area contributed by atoms with Crippen molar-refractivity contribution in [3.05, 3.63) is 48.4 Å². The molecule has 0 N–H and O–H groups in total. The molecule has 0 aliphatic rings. The maximum absolute atomic E-state index is 4.32. The third kappa shape index (κ3) is 1.68. The summed E-state index contributed by atoms with van der Waals surface area (Å²) in [4.78, 5) is 8.56. The number of allylic oxidation sites excluding steroid dienone is 2. The Labute approximate surface area is 88.8 Å². The molecule has 3 heteroatoms. The molecule has 0 aliphatic carbocycles. The number of fused-ring (bicyclic) bond motifs is 1. The number of imidazole rings is 1. The number of hydrogen-bond acceptors (Lipinski definition) is 2. The molecule has 0 spiro atoms. The standard InChI is InChI=1S/C12H13N3/c1-3-6-10(13-2)11-9-14-12-7-4-5-8-15(11)12/h3-9H,1-2H3. The lowest BCUT2D eigenvalue weighted by Gasteiger charge is -2.00. The van der Waals surface area contributed by atoms with Crippen molar-refractivity contribution in [2.75, 3.05) is 7.05 Å². The maximum atomic E-state index is 4.32. The van der Waals surface area contributed by atoms with Gasteiger partial charge in [0.25, 0.3) is 0 Å². The highest BCUT2D eigenvalue weighted by molar-refractivity contribution is 6.07. The summed E-state index contributed by atoms with van der Waals surface area (Å²) in [5.74, 6) is 0. The SMILES string of the molecule is CC=CC(=NC)c1cnc2ccccn12. The van der Waals surface area contributed by atoms with Crippen LogP contribution in [-0.4, -0.2) is 22.1 Å². The number of hydrogen-bond donors (Lipinski definition) is 0. The summed E-state index contributed by atoms with van der Waals surface area (Å²) >= 11 is 0. The average molecular weight is 199 g/mol. The van der Waals surface area contributed by atoms with Gasteiger partial charge in [0.15, 0.2) is 0 Å². The lowest BCUT2D eigenvalue weighted by molar-refractivity contribution is 1.16. The van der Waals surface area contributed by atoms with Crippen molar-refractivity contribution in [3.8, 4) is 0 Å². The molecule has 2 aromatic heterocycles. The van der Waals surface area contributed by atoms with E-state index >= 15 is 0 Å². The molecule has 3 nitrogen and oxygen atoms in total. The summed E-state index contributed by atoms with van der Waals surface area (Å²) in [6.45, 7) is 1.98. The summed E-state index contributed by atoms with van der Waals surface area (Å²) in [7, 11) is 1.79. The van der Waals surface area contributed by atoms with E-state index in [1.807, 2.05) is 54.1 Å². The molecule has 0 saturated heterocycles. The van der Waals surface area contributed by atoms with Crippen LogP contribution in [0.5, 0.6) is 0 Å². The van der Waals surface area contributed by atoms with Crippen molar-refractivity contribution < 1.29 is 0 Å². The van der Waals surface area contributed by atoms with Crippen LogP contribution in [-0.2, 0) is 0 Å². The van der Waals surface area contributed by atoms with Crippen molar-refractivity contribution in [2.45, 2.75) is 6.92 Å². The van der Waals surface area contributed by atoms with E-state index in [0.717, 1.165) is 17.1 Å². The second-order valence-electron chi connectivity index (χ2n) is 3.18. The molecule has 0 bridgehead atoms. The van der Waals surface area contributed by atoms with E-state index in [-0.39, 0.29) is 0 Å². The molecule has 0 atom stereocenters. The third-order valence-electron chi connectivity index (χ3n) is 2.24. The van der Waals surface area contributed by atoms with E-state index in [9.17, 15) is 0 Å². The minimum absolute atomic E-state index is 0.941. The van der Waals surface area contributed by atoms with Crippen LogP contribution in [0.25, 0.3) is 5.65 Å². The summed E-state index contributed by atoms with van der Waals surface area (Å²) in [5.41, 5.74) is 2.90. The van der Waals surface area contributed by atoms with Crippen LogP contribution in [0.2, 0.25) is 0 Å². The highest BCUT2D eigenvalue weighted by Crippen LogP contribution is 2.07. The molecule has 0 amide bonds. The first-order valence-corrected chi connectivity index (χ1v) is 4.88. The quantitative estimate of drug-likeness (QED) is 0.682. The zero-order valence-electron chi connectivity index (χ0n) is 8.88. The van der Waals surface area contributed by atoms with Gasteiger partial charge in [0.05, 0.1) is 17.6 Å². The molecule has 0 aliphatic heterocycles. The molecular formula is C12H13N3. The summed E-state index contributed by atoms with van der Waals surface area (Å²) in [5, 5.41) is 0. The van der Waals surface area contributed by atoms with Gasteiger partial charge in [0, 0.05) is 13.2 Å². The van der Waals surface area contributed by atoms with Crippen LogP contribution in [0.15, 0.2) is 47.7 Å². The van der Waals surface area contributed by atoms with Gasteiger partial charge in [0.2, 0.25) is 0 Å². The predicted octanol–water partition coefficient (Wildman–Crippen LogP) is 2.33. The van der Waals surface area contributed by atoms with Gasteiger partial charge >= 0.3 is 0 Å². The first-order chi connectivity index (χ1) is 7.36. The van der Waals surface area contributed by atoms with Gasteiger partial charge in [-0.25, -0.2) is 4.98 Å². The fourth-order valence-corrected chi connectivity index (χ4v) is 1.55. The Morgan fingerprint density at radius 1 is 1.47 bits per heavy atom. The highest BCUT2D eigenvalue weighted by Gasteiger charge is 2.05. The van der Waals surface area contributed by atoms with Gasteiger partial charge < -0.3 is 0 Å². The second kappa shape index (κ2) is 4.09. The Kier molecular flexibility index (Phi) is 2.63. The molecule has 0 fully saturated rings. The van der Waals surface area contributed by atoms with Crippen molar-refractivity contribution >= 4 is 11.4 Å². The second-order valence-corrected chi connectivity index (χ2v) is 3.18. The maximum Gasteiger partial charge on any atom is 0.137 e. The van der Waals surface area contributed by atoms with Gasteiger partial charge in [-0.2, -0.15) is 0 Å². The first-order valence-electron chi connectivity index (χ1n) is 4.88. The Hall–Kier alpha value is -1.90. The minimum Gasteiger partial charge on any atom is -0.298 e. The Morgan fingerprint density at radius 2 is 2.33 bits per heavy atom. The molecule has 2 heterocycles. The number of nitrogens with zero attached hydrogens (tertiary/aromatic N) is 3. The van der Waals surface area contributed by atoms with E-state index in [2.05, 4.69) is 9.98 Å². The Balaban J connectivity index is 2.61. The van der Waals surface area contributed by atoms with E-state index in [0.29, 0.717) is 0 Å². The number of aromatic nitrogens is 2. The lowest BCUT2D eigenvalue weighted by Crippen LogP contribution is -2.01. The van der Waals surface area contributed by atoms with Crippen molar-refractivity contribution in [1.29, 1.82) is 0 Å². The molecule has 0 radical (unpaired) electrons. The van der Waals surface area contributed by atoms with Crippen LogP contribution < -0.4 is 0 Å². The molecular weight excluding hydrogens is 186 g/mol. The molecule has 0 aromatic carbocycles. The molecule has 2 rings (SSSR count). The van der Waals surface area contributed by atoms with Gasteiger partial charge in [-0.3, -0.25) is 9.39 Å². The predicted molar refractivity (Wildman–Crippen MR) is 62.5 cm³/mol. The van der Waals surface area contributed by atoms with E-state index in [1.165, 1.54) is 0 Å². The molecule has 0 unspecified atom stereocenters. The van der Waals surface area contributed by atoms with E-state index in [1.54, 1.807) is 7.05 Å². The minimum atomic E-state index is 0.941. The molecule has 15 heavy (non-hydrogen) atoms. The smallest absolute Gasteiger partial charge is 0.137 e. The van der Waals surface area contributed by atoms with Crippen LogP contribution in [0.3, 0.4) is 0 Å². The normalized spacial score (nSPS) is 12.8. The fraction of sp³-hybridized carbons (Fsp3) is 0.167. The Morgan fingerprint density at radius 3 is 3.07 bits per heavy atom. The summed E-state index contributed by atoms with van der Waals surface area (Å²) in [6.07, 6.45) is 7.80. The van der Waals surface area contributed by atoms with Gasteiger partial charge in [-0.05, 0) is 25.1 Å². The molecule has 2 aromatic rings. The van der Waals surface area contributed by atoms with Crippen molar-refractivity contribution in [1.82, 2.24) is 9.38 Å². The summed E-state index contributed by atoms with van der Waals surface area (Å²) in [6, 6.07) is 5.94. The third-order valence-corrected chi connectivity index (χ3v) is 2.24. The van der Waals surface area contributed by atoms with Gasteiger partial charge in [0.1, 0.15) is 5.65 Å². The zero-order chi connectivity index (χ0) is 10.7. The fourth-order valence-electron chi connectivity index (χ4n) is 1.55. The van der Waals surface area contributed by atoms with Crippen LogP contribution in [0.4, 0.5) is 0 Å². The monoisotopic (exact) mass is 199 g/mol. The van der Waals surface area contributed by atoms with Crippen molar-refractivity contribution in [2.24, 2.45) is 4.99 Å².